The Morgan fingerprint density at radius 3 is 3.07 bits per heavy atom. The Morgan fingerprint density at radius 2 is 2.40 bits per heavy atom. The van der Waals surface area contributed by atoms with Gasteiger partial charge in [0, 0.05) is 19.8 Å². The van der Waals surface area contributed by atoms with Crippen LogP contribution in [0.2, 0.25) is 0 Å². The van der Waals surface area contributed by atoms with E-state index in [-0.39, 0.29) is 0 Å². The second-order valence-electron chi connectivity index (χ2n) is 4.72. The number of aliphatic hydroxyl groups is 1. The Kier molecular flexibility index (Phi) is 6.98. The summed E-state index contributed by atoms with van der Waals surface area (Å²) in [5.41, 5.74) is 0. The van der Waals surface area contributed by atoms with E-state index in [9.17, 15) is 0 Å². The Morgan fingerprint density at radius 1 is 1.53 bits per heavy atom. The molecule has 1 aliphatic rings. The maximum absolute atomic E-state index is 8.86. The Hall–Kier alpha value is -0.120. The maximum atomic E-state index is 8.86. The predicted octanol–water partition coefficient (Wildman–Crippen LogP) is 1.41. The largest absolute Gasteiger partial charge is 0.396 e. The van der Waals surface area contributed by atoms with Crippen molar-refractivity contribution in [1.29, 1.82) is 0 Å². The summed E-state index contributed by atoms with van der Waals surface area (Å²) in [7, 11) is 0. The van der Waals surface area contributed by atoms with Crippen LogP contribution in [0.25, 0.3) is 0 Å². The van der Waals surface area contributed by atoms with Gasteiger partial charge in [-0.3, -0.25) is 0 Å². The summed E-state index contributed by atoms with van der Waals surface area (Å²) in [5, 5.41) is 12.3. The molecule has 2 atom stereocenters. The maximum Gasteiger partial charge on any atom is 0.0506 e. The van der Waals surface area contributed by atoms with Crippen LogP contribution in [0.4, 0.5) is 0 Å². The summed E-state index contributed by atoms with van der Waals surface area (Å²) >= 11 is 0. The molecule has 1 saturated heterocycles. The predicted molar refractivity (Wildman–Crippen MR) is 61.9 cm³/mol. The second kappa shape index (κ2) is 8.08. The number of hydrogen-bond acceptors (Lipinski definition) is 3. The second-order valence-corrected chi connectivity index (χ2v) is 4.72. The summed E-state index contributed by atoms with van der Waals surface area (Å²) < 4.78 is 5.42. The van der Waals surface area contributed by atoms with Gasteiger partial charge in [-0.1, -0.05) is 6.92 Å². The SMILES string of the molecule is CC(CO)CCCNCC1CCCOC1. The van der Waals surface area contributed by atoms with Gasteiger partial charge >= 0.3 is 0 Å². The minimum Gasteiger partial charge on any atom is -0.396 e. The van der Waals surface area contributed by atoms with Crippen molar-refractivity contribution < 1.29 is 9.84 Å². The van der Waals surface area contributed by atoms with Crippen LogP contribution in [-0.2, 0) is 4.74 Å². The molecule has 0 radical (unpaired) electrons. The van der Waals surface area contributed by atoms with Crippen molar-refractivity contribution in [2.45, 2.75) is 32.6 Å². The van der Waals surface area contributed by atoms with Gasteiger partial charge in [-0.25, -0.2) is 0 Å². The van der Waals surface area contributed by atoms with Crippen LogP contribution in [0.1, 0.15) is 32.6 Å². The van der Waals surface area contributed by atoms with Crippen molar-refractivity contribution >= 4 is 0 Å². The van der Waals surface area contributed by atoms with Gasteiger partial charge in [-0.2, -0.15) is 0 Å². The molecule has 1 heterocycles. The zero-order chi connectivity index (χ0) is 10.9. The van der Waals surface area contributed by atoms with Crippen LogP contribution < -0.4 is 5.32 Å². The molecule has 3 heteroatoms. The fraction of sp³-hybridized carbons (Fsp3) is 1.00. The molecule has 0 saturated carbocycles. The summed E-state index contributed by atoms with van der Waals surface area (Å²) in [4.78, 5) is 0. The van der Waals surface area contributed by atoms with Crippen LogP contribution in [0, 0.1) is 11.8 Å². The van der Waals surface area contributed by atoms with E-state index in [1.165, 1.54) is 12.8 Å². The molecular weight excluding hydrogens is 190 g/mol. The smallest absolute Gasteiger partial charge is 0.0506 e. The average Bonchev–Trinajstić information content (AvgIpc) is 2.29. The first-order valence-corrected chi connectivity index (χ1v) is 6.22. The highest BCUT2D eigenvalue weighted by Crippen LogP contribution is 2.12. The minimum atomic E-state index is 0.316. The van der Waals surface area contributed by atoms with E-state index < -0.39 is 0 Å². The molecule has 0 aromatic heterocycles. The third-order valence-corrected chi connectivity index (χ3v) is 3.05. The third kappa shape index (κ3) is 6.13. The molecule has 0 aromatic carbocycles. The molecular formula is C12H25NO2. The first-order valence-electron chi connectivity index (χ1n) is 6.22. The van der Waals surface area contributed by atoms with Crippen molar-refractivity contribution in [3.8, 4) is 0 Å². The first kappa shape index (κ1) is 12.9. The lowest BCUT2D eigenvalue weighted by Crippen LogP contribution is -2.29. The molecule has 3 nitrogen and oxygen atoms in total. The van der Waals surface area contributed by atoms with E-state index in [0.29, 0.717) is 18.4 Å². The van der Waals surface area contributed by atoms with Crippen molar-refractivity contribution in [2.24, 2.45) is 11.8 Å². The molecule has 1 rings (SSSR count). The topological polar surface area (TPSA) is 41.5 Å². The van der Waals surface area contributed by atoms with E-state index in [2.05, 4.69) is 12.2 Å². The molecule has 0 aromatic rings. The van der Waals surface area contributed by atoms with E-state index >= 15 is 0 Å². The quantitative estimate of drug-likeness (QED) is 0.631. The summed E-state index contributed by atoms with van der Waals surface area (Å²) in [6.45, 7) is 6.45. The molecule has 1 aliphatic heterocycles. The Bertz CT molecular complexity index is 147. The molecule has 2 N–H and O–H groups in total. The van der Waals surface area contributed by atoms with Gasteiger partial charge in [0.15, 0.2) is 0 Å². The summed E-state index contributed by atoms with van der Waals surface area (Å²) in [6, 6.07) is 0. The van der Waals surface area contributed by atoms with E-state index in [4.69, 9.17) is 9.84 Å². The molecule has 0 amide bonds. The van der Waals surface area contributed by atoms with E-state index in [0.717, 1.165) is 39.1 Å². The third-order valence-electron chi connectivity index (χ3n) is 3.05. The lowest BCUT2D eigenvalue weighted by molar-refractivity contribution is 0.0548. The molecule has 0 spiro atoms. The monoisotopic (exact) mass is 215 g/mol. The Labute approximate surface area is 93.2 Å². The van der Waals surface area contributed by atoms with Gasteiger partial charge in [0.1, 0.15) is 0 Å². The standard InChI is InChI=1S/C12H25NO2/c1-11(9-14)4-2-6-13-8-12-5-3-7-15-10-12/h11-14H,2-10H2,1H3. The lowest BCUT2D eigenvalue weighted by Gasteiger charge is -2.22. The van der Waals surface area contributed by atoms with Crippen molar-refractivity contribution in [3.05, 3.63) is 0 Å². The molecule has 1 fully saturated rings. The highest BCUT2D eigenvalue weighted by Gasteiger charge is 2.12. The van der Waals surface area contributed by atoms with Crippen LogP contribution in [0.15, 0.2) is 0 Å². The number of rotatable bonds is 7. The van der Waals surface area contributed by atoms with Crippen LogP contribution in [-0.4, -0.2) is 38.0 Å². The Balaban J connectivity index is 1.87. The summed E-state index contributed by atoms with van der Waals surface area (Å²) in [6.07, 6.45) is 4.80. The minimum absolute atomic E-state index is 0.316. The highest BCUT2D eigenvalue weighted by atomic mass is 16.5. The number of hydrogen-bond donors (Lipinski definition) is 2. The van der Waals surface area contributed by atoms with Crippen LogP contribution in [0.5, 0.6) is 0 Å². The number of nitrogens with one attached hydrogen (secondary N) is 1. The number of aliphatic hydroxyl groups excluding tert-OH is 1. The van der Waals surface area contributed by atoms with Crippen molar-refractivity contribution in [2.75, 3.05) is 32.9 Å². The van der Waals surface area contributed by atoms with E-state index in [1.807, 2.05) is 0 Å². The van der Waals surface area contributed by atoms with Gasteiger partial charge < -0.3 is 15.2 Å². The first-order chi connectivity index (χ1) is 7.33. The van der Waals surface area contributed by atoms with Gasteiger partial charge in [-0.15, -0.1) is 0 Å². The molecule has 15 heavy (non-hydrogen) atoms. The van der Waals surface area contributed by atoms with Crippen LogP contribution >= 0.6 is 0 Å². The van der Waals surface area contributed by atoms with Crippen molar-refractivity contribution in [3.63, 3.8) is 0 Å². The highest BCUT2D eigenvalue weighted by molar-refractivity contribution is 4.65. The van der Waals surface area contributed by atoms with Gasteiger partial charge in [0.05, 0.1) is 6.61 Å². The van der Waals surface area contributed by atoms with Crippen molar-refractivity contribution in [1.82, 2.24) is 5.32 Å². The normalized spacial score (nSPS) is 24.0. The van der Waals surface area contributed by atoms with E-state index in [1.54, 1.807) is 0 Å². The molecule has 0 bridgehead atoms. The zero-order valence-electron chi connectivity index (χ0n) is 9.87. The fourth-order valence-electron chi connectivity index (χ4n) is 1.94. The molecule has 2 unspecified atom stereocenters. The van der Waals surface area contributed by atoms with Crippen LogP contribution in [0.3, 0.4) is 0 Å². The molecule has 0 aliphatic carbocycles. The van der Waals surface area contributed by atoms with Gasteiger partial charge in [0.25, 0.3) is 0 Å². The average molecular weight is 215 g/mol. The zero-order valence-corrected chi connectivity index (χ0v) is 9.87. The summed E-state index contributed by atoms with van der Waals surface area (Å²) in [5.74, 6) is 1.17. The fourth-order valence-corrected chi connectivity index (χ4v) is 1.94. The molecule has 90 valence electrons. The van der Waals surface area contributed by atoms with Gasteiger partial charge in [-0.05, 0) is 44.1 Å². The lowest BCUT2D eigenvalue weighted by atomic mass is 10.0. The number of ether oxygens (including phenoxy) is 1. The van der Waals surface area contributed by atoms with Gasteiger partial charge in [0.2, 0.25) is 0 Å².